The highest BCUT2D eigenvalue weighted by molar-refractivity contribution is 6.68. The van der Waals surface area contributed by atoms with Crippen LogP contribution in [0.1, 0.15) is 55.3 Å². The number of hydrogen-bond donors (Lipinski definition) is 7. The molecule has 8 rings (SSSR count). The van der Waals surface area contributed by atoms with Gasteiger partial charge in [0, 0.05) is 40.3 Å². The molecule has 4 heterocycles. The van der Waals surface area contributed by atoms with Gasteiger partial charge in [0.1, 0.15) is 36.7 Å². The highest BCUT2D eigenvalue weighted by Gasteiger charge is 2.48. The number of fused-ring (bicyclic) bond motifs is 6. The number of guanidine groups is 1. The zero-order chi connectivity index (χ0) is 36.3. The number of amidine groups is 1. The largest absolute Gasteiger partial charge is 0.486 e. The fourth-order valence-corrected chi connectivity index (χ4v) is 7.38. The van der Waals surface area contributed by atoms with Crippen molar-refractivity contribution < 1.29 is 58.7 Å². The van der Waals surface area contributed by atoms with Gasteiger partial charge in [0.15, 0.2) is 29.7 Å². The van der Waals surface area contributed by atoms with Crippen molar-refractivity contribution in [3.8, 4) is 11.5 Å². The summed E-state index contributed by atoms with van der Waals surface area (Å²) in [6, 6.07) is 15.2. The van der Waals surface area contributed by atoms with E-state index in [9.17, 15) is 34.8 Å². The standard InChI is InChI=1S/C36H33N5O11/c37-36-39-33-25(34(48)40-36)38-15-41(33)22-8-4-3-5-17(22)16-9-11-49-14-23-28(45)29(46)30(47)35(51-23)52-31-20(16)13-21-24(32(31)50-12-10-42)27(44)19-7-2-1-6-18(19)26(21)43/h1-8,13,16,23,28-30,35,42,45-47H,9-12,14-15H2,(H2,37,40,48)/p+1. The molecule has 4 aliphatic heterocycles. The first-order chi connectivity index (χ1) is 25.2. The van der Waals surface area contributed by atoms with Crippen LogP contribution in [0.2, 0.25) is 0 Å². The molecule has 0 radical (unpaired) electrons. The van der Waals surface area contributed by atoms with Crippen LogP contribution >= 0.6 is 0 Å². The number of amides is 1. The molecule has 2 bridgehead atoms. The number of aliphatic imine (C=N–C) groups is 2. The summed E-state index contributed by atoms with van der Waals surface area (Å²) in [5.41, 5.74) is 1.98. The molecule has 16 heteroatoms. The van der Waals surface area contributed by atoms with Crippen LogP contribution in [0.25, 0.3) is 0 Å². The molecular formula is C36H34N5O11+. The maximum atomic E-state index is 14.2. The van der Waals surface area contributed by atoms with Crippen LogP contribution < -0.4 is 19.7 Å². The molecular weight excluding hydrogens is 678 g/mol. The molecule has 3 aromatic carbocycles. The molecule has 1 saturated heterocycles. The lowest BCUT2D eigenvalue weighted by molar-refractivity contribution is -0.723. The topological polar surface area (TPSA) is 234 Å². The molecule has 0 spiro atoms. The number of aliphatic hydroxyl groups excluding tert-OH is 4. The summed E-state index contributed by atoms with van der Waals surface area (Å²) < 4.78 is 24.4. The first-order valence-electron chi connectivity index (χ1n) is 16.7. The molecule has 5 aliphatic rings. The smallest absolute Gasteiger partial charge is 0.284 e. The summed E-state index contributed by atoms with van der Waals surface area (Å²) in [5, 5.41) is 53.0. The van der Waals surface area contributed by atoms with Crippen LogP contribution in [0.4, 0.5) is 5.69 Å². The summed E-state index contributed by atoms with van der Waals surface area (Å²) in [7, 11) is 0. The fraction of sp³-hybridized carbons (Fsp3) is 0.333. The Balaban J connectivity index is 1.36. The predicted molar refractivity (Wildman–Crippen MR) is 180 cm³/mol. The van der Waals surface area contributed by atoms with E-state index in [1.165, 1.54) is 6.07 Å². The number of ether oxygens (including phenoxy) is 4. The van der Waals surface area contributed by atoms with Crippen molar-refractivity contribution in [2.45, 2.75) is 43.0 Å². The Labute approximate surface area is 295 Å². The van der Waals surface area contributed by atoms with Crippen LogP contribution in [0.5, 0.6) is 11.5 Å². The fourth-order valence-electron chi connectivity index (χ4n) is 7.38. The lowest BCUT2D eigenvalue weighted by atomic mass is 9.79. The van der Waals surface area contributed by atoms with Gasteiger partial charge >= 0.3 is 0 Å². The minimum Gasteiger partial charge on any atom is -0.486 e. The predicted octanol–water partition coefficient (Wildman–Crippen LogP) is -1.04. The van der Waals surface area contributed by atoms with Crippen LogP contribution in [-0.4, -0.2) is 119 Å². The maximum Gasteiger partial charge on any atom is 0.284 e. The van der Waals surface area contributed by atoms with E-state index in [-0.39, 0.29) is 84.2 Å². The molecule has 1 aliphatic carbocycles. The number of rotatable bonds is 5. The molecule has 1 amide bonds. The second-order valence-corrected chi connectivity index (χ2v) is 12.9. The van der Waals surface area contributed by atoms with Crippen LogP contribution in [0.15, 0.2) is 64.6 Å². The van der Waals surface area contributed by atoms with E-state index in [2.05, 4.69) is 15.3 Å². The van der Waals surface area contributed by atoms with Gasteiger partial charge in [0.25, 0.3) is 11.7 Å². The van der Waals surface area contributed by atoms with Crippen molar-refractivity contribution in [1.82, 2.24) is 5.32 Å². The number of para-hydroxylation sites is 1. The van der Waals surface area contributed by atoms with Crippen molar-refractivity contribution in [1.29, 1.82) is 5.41 Å². The number of aliphatic hydroxyl groups is 4. The van der Waals surface area contributed by atoms with E-state index in [0.29, 0.717) is 21.7 Å². The minimum atomic E-state index is -1.76. The van der Waals surface area contributed by atoms with Crippen molar-refractivity contribution in [2.24, 2.45) is 9.98 Å². The Kier molecular flexibility index (Phi) is 8.75. The first-order valence-corrected chi connectivity index (χ1v) is 16.7. The third kappa shape index (κ3) is 5.52. The van der Waals surface area contributed by atoms with Crippen molar-refractivity contribution in [3.63, 3.8) is 0 Å². The van der Waals surface area contributed by atoms with Gasteiger partial charge in [0.05, 0.1) is 18.8 Å². The third-order valence-electron chi connectivity index (χ3n) is 9.84. The van der Waals surface area contributed by atoms with E-state index in [1.807, 2.05) is 12.1 Å². The van der Waals surface area contributed by atoms with Gasteiger partial charge in [-0.25, -0.2) is 9.89 Å². The van der Waals surface area contributed by atoms with E-state index in [4.69, 9.17) is 24.4 Å². The number of quaternary nitrogens is 1. The number of hydrogen-bond acceptors (Lipinski definition) is 13. The molecule has 0 saturated carbocycles. The second-order valence-electron chi connectivity index (χ2n) is 12.9. The number of nitrogens with zero attached hydrogens (tertiary/aromatic N) is 2. The Morgan fingerprint density at radius 1 is 0.942 bits per heavy atom. The number of benzene rings is 3. The number of carbonyl (C=O) groups is 3. The Morgan fingerprint density at radius 2 is 1.69 bits per heavy atom. The van der Waals surface area contributed by atoms with Gasteiger partial charge in [-0.05, 0) is 18.6 Å². The molecule has 3 aromatic rings. The van der Waals surface area contributed by atoms with Crippen LogP contribution in [0.3, 0.4) is 0 Å². The van der Waals surface area contributed by atoms with Crippen molar-refractivity contribution in [2.75, 3.05) is 33.1 Å². The molecule has 16 nitrogen and oxygen atoms in total. The quantitative estimate of drug-likeness (QED) is 0.132. The summed E-state index contributed by atoms with van der Waals surface area (Å²) in [6.07, 6.45) is -7.45. The zero-order valence-electron chi connectivity index (χ0n) is 27.4. The molecule has 268 valence electrons. The Morgan fingerprint density at radius 3 is 2.48 bits per heavy atom. The van der Waals surface area contributed by atoms with Gasteiger partial charge in [-0.1, -0.05) is 42.5 Å². The summed E-state index contributed by atoms with van der Waals surface area (Å²) in [5.74, 6) is -2.56. The second kappa shape index (κ2) is 13.4. The molecule has 1 fully saturated rings. The Bertz CT molecular complexity index is 2080. The van der Waals surface area contributed by atoms with Gasteiger partial charge in [-0.2, -0.15) is 4.99 Å². The lowest BCUT2D eigenvalue weighted by Crippen LogP contribution is -3.09. The number of carbonyl (C=O) groups excluding carboxylic acids is 3. The van der Waals surface area contributed by atoms with Crippen LogP contribution in [-0.2, 0) is 14.3 Å². The number of ketones is 2. The Hall–Kier alpha value is -5.20. The van der Waals surface area contributed by atoms with Gasteiger partial charge < -0.3 is 39.4 Å². The van der Waals surface area contributed by atoms with Gasteiger partial charge in [0.2, 0.25) is 18.0 Å². The molecule has 52 heavy (non-hydrogen) atoms. The highest BCUT2D eigenvalue weighted by Crippen LogP contribution is 2.48. The van der Waals surface area contributed by atoms with Gasteiger partial charge in [-0.3, -0.25) is 25.1 Å². The molecule has 7 atom stereocenters. The minimum absolute atomic E-state index is 0.0246. The summed E-state index contributed by atoms with van der Waals surface area (Å²) >= 11 is 0. The SMILES string of the molecule is N=C1N=C2C(=NC[NH+]2c2ccccc2C2CCOCC3OC(Oc4c2cc2c(c4OCCO)C(=O)c4ccccc4C2=O)C(O)C(O)C3O)C(=O)N1. The van der Waals surface area contributed by atoms with E-state index in [1.54, 1.807) is 36.4 Å². The van der Waals surface area contributed by atoms with E-state index in [0.717, 1.165) is 0 Å². The van der Waals surface area contributed by atoms with Crippen molar-refractivity contribution in [3.05, 3.63) is 88.0 Å². The van der Waals surface area contributed by atoms with Crippen LogP contribution in [0, 0.1) is 5.41 Å². The molecule has 7 N–H and O–H groups in total. The third-order valence-corrected chi connectivity index (χ3v) is 9.84. The average molecular weight is 713 g/mol. The monoisotopic (exact) mass is 712 g/mol. The van der Waals surface area contributed by atoms with E-state index >= 15 is 0 Å². The maximum absolute atomic E-state index is 14.2. The van der Waals surface area contributed by atoms with E-state index < -0.39 is 60.7 Å². The summed E-state index contributed by atoms with van der Waals surface area (Å²) in [6.45, 7) is -0.771. The zero-order valence-corrected chi connectivity index (χ0v) is 27.4. The summed E-state index contributed by atoms with van der Waals surface area (Å²) in [4.78, 5) is 50.4. The first kappa shape index (κ1) is 33.9. The normalized spacial score (nSPS) is 28.2. The molecule has 0 aromatic heterocycles. The molecule has 7 unspecified atom stereocenters. The number of nitrogens with one attached hydrogen (secondary N) is 3. The average Bonchev–Trinajstić information content (AvgIpc) is 3.56. The van der Waals surface area contributed by atoms with Gasteiger partial charge in [-0.15, -0.1) is 0 Å². The lowest BCUT2D eigenvalue weighted by Gasteiger charge is -2.40. The highest BCUT2D eigenvalue weighted by atomic mass is 16.7. The van der Waals surface area contributed by atoms with Crippen molar-refractivity contribution >= 4 is 40.7 Å².